The van der Waals surface area contributed by atoms with Gasteiger partial charge < -0.3 is 37.2 Å². The minimum atomic E-state index is -2.84. The molecule has 0 heterocycles. The zero-order chi connectivity index (χ0) is 33.4. The van der Waals surface area contributed by atoms with Crippen LogP contribution in [0, 0.1) is 20.8 Å². The minimum absolute atomic E-state index is 0. The van der Waals surface area contributed by atoms with Gasteiger partial charge >= 0.3 is 288 Å². The van der Waals surface area contributed by atoms with Crippen molar-refractivity contribution in [1.82, 2.24) is 0 Å². The SMILES string of the molecule is CC1=C(C)[C]([Ti+3])([Si](c2cc([Si](C)(C)C)ccc2C)(c2cc([Si](C)(C)C)ccc2C)c2cc([Si](C)(C)C)ccc2C)C(C)=C1C.[Cl-].[Cl-].[Cl-]. The monoisotopic (exact) mass is 790 g/mol. The van der Waals surface area contributed by atoms with Gasteiger partial charge in [-0.05, 0) is 0 Å². The zero-order valence-electron chi connectivity index (χ0n) is 31.8. The summed E-state index contributed by atoms with van der Waals surface area (Å²) in [6.45, 7) is 39.6. The van der Waals surface area contributed by atoms with E-state index in [0.29, 0.717) is 0 Å². The molecular weight excluding hydrogens is 735 g/mol. The smallest absolute Gasteiger partial charge is 1.00 e. The van der Waals surface area contributed by atoms with Crippen LogP contribution in [-0.2, 0) is 20.4 Å². The molecule has 0 saturated heterocycles. The van der Waals surface area contributed by atoms with Crippen LogP contribution in [0.3, 0.4) is 0 Å². The maximum absolute atomic E-state index is 2.84. The van der Waals surface area contributed by atoms with Crippen LogP contribution in [0.15, 0.2) is 76.9 Å². The van der Waals surface area contributed by atoms with E-state index < -0.39 is 32.3 Å². The second kappa shape index (κ2) is 15.1. The van der Waals surface area contributed by atoms with Crippen molar-refractivity contribution in [3.63, 3.8) is 0 Å². The predicted molar refractivity (Wildman–Crippen MR) is 207 cm³/mol. The molecule has 0 aromatic heterocycles. The number of benzene rings is 3. The molecule has 3 aromatic carbocycles. The number of hydrogen-bond acceptors (Lipinski definition) is 0. The number of halogens is 3. The molecule has 0 radical (unpaired) electrons. The molecule has 0 amide bonds. The van der Waals surface area contributed by atoms with E-state index in [1.165, 1.54) is 27.8 Å². The van der Waals surface area contributed by atoms with Gasteiger partial charge in [-0.1, -0.05) is 0 Å². The Morgan fingerprint density at radius 3 is 0.872 bits per heavy atom. The molecule has 1 aliphatic carbocycles. The van der Waals surface area contributed by atoms with Crippen LogP contribution in [0.1, 0.15) is 44.4 Å². The van der Waals surface area contributed by atoms with Gasteiger partial charge in [-0.2, -0.15) is 0 Å². The fourth-order valence-electron chi connectivity index (χ4n) is 7.49. The van der Waals surface area contributed by atoms with Crippen molar-refractivity contribution in [1.29, 1.82) is 0 Å². The molecule has 0 fully saturated rings. The quantitative estimate of drug-likeness (QED) is 0.206. The molecule has 3 aromatic rings. The molecule has 4 rings (SSSR count). The number of hydrogen-bond donors (Lipinski definition) is 0. The number of allylic oxidation sites excluding steroid dienone is 4. The van der Waals surface area contributed by atoms with Gasteiger partial charge in [0.05, 0.1) is 0 Å². The van der Waals surface area contributed by atoms with Gasteiger partial charge in [-0.25, -0.2) is 0 Å². The van der Waals surface area contributed by atoms with Crippen molar-refractivity contribution < 1.29 is 57.7 Å². The van der Waals surface area contributed by atoms with Crippen LogP contribution in [-0.4, -0.2) is 32.3 Å². The van der Waals surface area contributed by atoms with Crippen molar-refractivity contribution in [3.05, 3.63) is 93.6 Å². The Balaban J connectivity index is 0.00000368. The zero-order valence-corrected chi connectivity index (χ0v) is 39.7. The molecule has 1 aliphatic rings. The largest absolute Gasteiger partial charge is 1.00 e. The first-order valence-corrected chi connectivity index (χ1v) is 29.7. The van der Waals surface area contributed by atoms with Crippen molar-refractivity contribution in [2.24, 2.45) is 0 Å². The molecule has 0 spiro atoms. The van der Waals surface area contributed by atoms with Crippen molar-refractivity contribution in [3.8, 4) is 0 Å². The van der Waals surface area contributed by atoms with Crippen molar-refractivity contribution in [2.45, 2.75) is 111 Å². The standard InChI is InChI=1S/C39H57Si4.3ClH.Ti/c1-26-17-20-33(40(8,9)10)23-36(26)43(39-31(6)29(4)30(5)32(39)7,37-24-34(41(11,12)13)21-18-27(37)2)38-25-35(42(14,15)16)22-19-28(38)3;;;;/h17-25H,1-16H3;3*1H;/q;;;;+3/p-3. The van der Waals surface area contributed by atoms with Crippen LogP contribution in [0.2, 0.25) is 62.3 Å². The summed E-state index contributed by atoms with van der Waals surface area (Å²) in [6, 6.07) is 23.0. The van der Waals surface area contributed by atoms with E-state index in [-0.39, 0.29) is 40.6 Å². The van der Waals surface area contributed by atoms with E-state index in [1.807, 2.05) is 0 Å². The van der Waals surface area contributed by atoms with E-state index in [4.69, 9.17) is 0 Å². The summed E-state index contributed by atoms with van der Waals surface area (Å²) in [5.41, 5.74) is 10.5. The van der Waals surface area contributed by atoms with Crippen LogP contribution in [0.5, 0.6) is 0 Å². The van der Waals surface area contributed by atoms with E-state index >= 15 is 0 Å². The van der Waals surface area contributed by atoms with Gasteiger partial charge in [-0.3, -0.25) is 0 Å². The normalized spacial score (nSPS) is 15.3. The Bertz CT molecular complexity index is 1520. The van der Waals surface area contributed by atoms with Gasteiger partial charge in [0.2, 0.25) is 0 Å². The second-order valence-corrected chi connectivity index (χ2v) is 37.9. The average molecular weight is 792 g/mol. The Hall–Kier alpha value is -0.408. The number of rotatable bonds is 7. The van der Waals surface area contributed by atoms with E-state index in [9.17, 15) is 0 Å². The Morgan fingerprint density at radius 1 is 0.426 bits per heavy atom. The maximum atomic E-state index is 2.73. The second-order valence-electron chi connectivity index (χ2n) is 16.8. The van der Waals surface area contributed by atoms with Crippen LogP contribution in [0.4, 0.5) is 0 Å². The summed E-state index contributed by atoms with van der Waals surface area (Å²) < 4.78 is -0.102. The third-order valence-corrected chi connectivity index (χ3v) is 25.9. The molecule has 0 aliphatic heterocycles. The molecule has 0 nitrogen and oxygen atoms in total. The van der Waals surface area contributed by atoms with Crippen molar-refractivity contribution in [2.75, 3.05) is 0 Å². The summed E-state index contributed by atoms with van der Waals surface area (Å²) in [5, 5.41) is 9.62. The summed E-state index contributed by atoms with van der Waals surface area (Å²) in [7, 11) is -7.61. The van der Waals surface area contributed by atoms with Gasteiger partial charge in [0, 0.05) is 0 Å². The van der Waals surface area contributed by atoms with Crippen LogP contribution < -0.4 is 68.3 Å². The molecule has 0 unspecified atom stereocenters. The summed E-state index contributed by atoms with van der Waals surface area (Å²) in [5.74, 6) is 0. The van der Waals surface area contributed by atoms with E-state index in [1.54, 1.807) is 42.3 Å². The number of aryl methyl sites for hydroxylation is 3. The van der Waals surface area contributed by atoms with E-state index in [2.05, 4.69) is 182 Å². The van der Waals surface area contributed by atoms with Crippen molar-refractivity contribution >= 4 is 63.4 Å². The third-order valence-electron chi connectivity index (χ3n) is 10.9. The summed E-state index contributed by atoms with van der Waals surface area (Å²) >= 11 is 2.66. The molecule has 8 heteroatoms. The molecule has 0 saturated carbocycles. The predicted octanol–water partition coefficient (Wildman–Crippen LogP) is -1.34. The summed E-state index contributed by atoms with van der Waals surface area (Å²) in [6.07, 6.45) is 0. The molecule has 47 heavy (non-hydrogen) atoms. The minimum Gasteiger partial charge on any atom is -1.00 e. The molecule has 0 bridgehead atoms. The van der Waals surface area contributed by atoms with Gasteiger partial charge in [0.1, 0.15) is 0 Å². The average Bonchev–Trinajstić information content (AvgIpc) is 3.05. The molecule has 0 atom stereocenters. The summed E-state index contributed by atoms with van der Waals surface area (Å²) in [4.78, 5) is 0. The van der Waals surface area contributed by atoms with Gasteiger partial charge in [0.15, 0.2) is 0 Å². The fraction of sp³-hybridized carbons (Fsp3) is 0.436. The first-order chi connectivity index (χ1) is 20.0. The van der Waals surface area contributed by atoms with Crippen LogP contribution in [0.25, 0.3) is 0 Å². The van der Waals surface area contributed by atoms with E-state index in [0.717, 1.165) is 0 Å². The Labute approximate surface area is 322 Å². The first-order valence-electron chi connectivity index (χ1n) is 16.5. The Kier molecular flexibility index (Phi) is 14.3. The molecular formula is C39H57Cl3Si4Ti. The fourth-order valence-corrected chi connectivity index (χ4v) is 20.6. The maximum Gasteiger partial charge on any atom is -1.00 e. The Morgan fingerprint density at radius 2 is 0.660 bits per heavy atom. The van der Waals surface area contributed by atoms with Gasteiger partial charge in [0.25, 0.3) is 0 Å². The molecule has 254 valence electrons. The van der Waals surface area contributed by atoms with Gasteiger partial charge in [-0.15, -0.1) is 0 Å². The first kappa shape index (κ1) is 44.6. The topological polar surface area (TPSA) is 0 Å². The molecule has 0 N–H and O–H groups in total. The van der Waals surface area contributed by atoms with Crippen LogP contribution >= 0.6 is 0 Å². The third kappa shape index (κ3) is 7.48.